The maximum absolute atomic E-state index is 8.84. The average molecular weight is 295 g/mol. The van der Waals surface area contributed by atoms with Crippen LogP contribution in [0.3, 0.4) is 0 Å². The van der Waals surface area contributed by atoms with E-state index < -0.39 is 0 Å². The molecular formula is C10H7BrN4S. The summed E-state index contributed by atoms with van der Waals surface area (Å²) in [4.78, 5) is 5.12. The van der Waals surface area contributed by atoms with E-state index >= 15 is 0 Å². The highest BCUT2D eigenvalue weighted by Crippen LogP contribution is 2.28. The number of nitriles is 1. The molecule has 0 unspecified atom stereocenters. The van der Waals surface area contributed by atoms with Gasteiger partial charge >= 0.3 is 0 Å². The van der Waals surface area contributed by atoms with Crippen LogP contribution in [0, 0.1) is 18.3 Å². The lowest BCUT2D eigenvalue weighted by Gasteiger charge is -1.99. The number of halogens is 1. The zero-order valence-corrected chi connectivity index (χ0v) is 10.8. The van der Waals surface area contributed by atoms with E-state index in [4.69, 9.17) is 5.26 Å². The predicted octanol–water partition coefficient (Wildman–Crippen LogP) is 2.90. The molecule has 16 heavy (non-hydrogen) atoms. The predicted molar refractivity (Wildman–Crippen MR) is 64.1 cm³/mol. The molecule has 0 saturated heterocycles. The largest absolute Gasteiger partial charge is 0.262 e. The fraction of sp³-hybridized carbons (Fsp3) is 0.100. The molecule has 80 valence electrons. The summed E-state index contributed by atoms with van der Waals surface area (Å²) in [6.07, 6.45) is 0. The second-order valence-electron chi connectivity index (χ2n) is 3.09. The third-order valence-corrected chi connectivity index (χ3v) is 3.08. The quantitative estimate of drug-likeness (QED) is 0.925. The molecule has 0 saturated carbocycles. The van der Waals surface area contributed by atoms with Crippen LogP contribution in [0.1, 0.15) is 11.4 Å². The number of aryl methyl sites for hydroxylation is 1. The van der Waals surface area contributed by atoms with E-state index in [1.54, 1.807) is 12.1 Å². The number of rotatable bonds is 2. The van der Waals surface area contributed by atoms with E-state index in [1.807, 2.05) is 13.0 Å². The molecule has 0 atom stereocenters. The Kier molecular flexibility index (Phi) is 3.27. The third-order valence-electron chi connectivity index (χ3n) is 1.79. The maximum Gasteiger partial charge on any atom is 0.213 e. The lowest BCUT2D eigenvalue weighted by Crippen LogP contribution is -1.80. The van der Waals surface area contributed by atoms with Gasteiger partial charge in [-0.05, 0) is 36.9 Å². The highest BCUT2D eigenvalue weighted by molar-refractivity contribution is 9.10. The van der Waals surface area contributed by atoms with Gasteiger partial charge in [0, 0.05) is 9.37 Å². The van der Waals surface area contributed by atoms with Crippen molar-refractivity contribution in [1.29, 1.82) is 5.26 Å². The molecule has 4 nitrogen and oxygen atoms in total. The number of nitrogens with zero attached hydrogens (tertiary/aromatic N) is 3. The lowest BCUT2D eigenvalue weighted by atomic mass is 10.2. The van der Waals surface area contributed by atoms with Gasteiger partial charge in [0.05, 0.1) is 11.6 Å². The van der Waals surface area contributed by atoms with Crippen LogP contribution in [0.15, 0.2) is 32.7 Å². The van der Waals surface area contributed by atoms with Crippen molar-refractivity contribution in [3.8, 4) is 6.07 Å². The summed E-state index contributed by atoms with van der Waals surface area (Å²) in [7, 11) is 0. The van der Waals surface area contributed by atoms with E-state index in [0.717, 1.165) is 15.2 Å². The SMILES string of the molecule is Cc1nc(Sc2cc(Br)cc(C#N)c2)n[nH]1. The summed E-state index contributed by atoms with van der Waals surface area (Å²) >= 11 is 4.78. The summed E-state index contributed by atoms with van der Waals surface area (Å²) in [5, 5.41) is 16.3. The molecule has 1 N–H and O–H groups in total. The summed E-state index contributed by atoms with van der Waals surface area (Å²) < 4.78 is 0.876. The molecule has 0 bridgehead atoms. The van der Waals surface area contributed by atoms with Crippen LogP contribution >= 0.6 is 27.7 Å². The zero-order chi connectivity index (χ0) is 11.5. The van der Waals surface area contributed by atoms with Crippen LogP contribution in [0.5, 0.6) is 0 Å². The van der Waals surface area contributed by atoms with E-state index in [1.165, 1.54) is 11.8 Å². The summed E-state index contributed by atoms with van der Waals surface area (Å²) in [5.74, 6) is 0.776. The summed E-state index contributed by atoms with van der Waals surface area (Å²) in [6.45, 7) is 1.85. The minimum absolute atomic E-state index is 0.615. The zero-order valence-electron chi connectivity index (χ0n) is 8.36. The molecule has 0 spiro atoms. The van der Waals surface area contributed by atoms with Gasteiger partial charge in [-0.15, -0.1) is 5.10 Å². The number of benzene rings is 1. The number of nitrogens with one attached hydrogen (secondary N) is 1. The van der Waals surface area contributed by atoms with Gasteiger partial charge in [-0.1, -0.05) is 15.9 Å². The molecule has 0 aliphatic heterocycles. The number of hydrogen-bond acceptors (Lipinski definition) is 4. The second kappa shape index (κ2) is 4.68. The number of aromatic nitrogens is 3. The fourth-order valence-corrected chi connectivity index (χ4v) is 2.66. The van der Waals surface area contributed by atoms with E-state index in [9.17, 15) is 0 Å². The Labute approximate surface area is 105 Å². The molecule has 0 radical (unpaired) electrons. The van der Waals surface area contributed by atoms with Gasteiger partial charge in [0.1, 0.15) is 5.82 Å². The molecule has 0 fully saturated rings. The number of hydrogen-bond donors (Lipinski definition) is 1. The smallest absolute Gasteiger partial charge is 0.213 e. The molecule has 1 aromatic carbocycles. The van der Waals surface area contributed by atoms with Gasteiger partial charge in [-0.3, -0.25) is 5.10 Å². The first-order chi connectivity index (χ1) is 7.67. The molecule has 0 amide bonds. The Morgan fingerprint density at radius 3 is 2.88 bits per heavy atom. The van der Waals surface area contributed by atoms with Gasteiger partial charge in [-0.25, -0.2) is 4.98 Å². The van der Waals surface area contributed by atoms with Crippen LogP contribution in [0.25, 0.3) is 0 Å². The topological polar surface area (TPSA) is 65.4 Å². The number of aromatic amines is 1. The molecular weight excluding hydrogens is 288 g/mol. The summed E-state index contributed by atoms with van der Waals surface area (Å²) in [5.41, 5.74) is 0.615. The molecule has 2 rings (SSSR count). The van der Waals surface area contributed by atoms with Crippen LogP contribution in [0.4, 0.5) is 0 Å². The van der Waals surface area contributed by atoms with Gasteiger partial charge < -0.3 is 0 Å². The maximum atomic E-state index is 8.84. The minimum Gasteiger partial charge on any atom is -0.262 e. The van der Waals surface area contributed by atoms with Gasteiger partial charge in [0.25, 0.3) is 0 Å². The molecule has 0 aliphatic carbocycles. The summed E-state index contributed by atoms with van der Waals surface area (Å²) in [6, 6.07) is 7.61. The standard InChI is InChI=1S/C10H7BrN4S/c1-6-13-10(15-14-6)16-9-3-7(5-12)2-8(11)4-9/h2-4H,1H3,(H,13,14,15). The highest BCUT2D eigenvalue weighted by Gasteiger charge is 2.05. The van der Waals surface area contributed by atoms with E-state index in [-0.39, 0.29) is 0 Å². The molecule has 1 aromatic heterocycles. The molecule has 1 heterocycles. The first-order valence-electron chi connectivity index (χ1n) is 4.45. The first-order valence-corrected chi connectivity index (χ1v) is 6.06. The van der Waals surface area contributed by atoms with Crippen molar-refractivity contribution < 1.29 is 0 Å². The van der Waals surface area contributed by atoms with Gasteiger partial charge in [0.15, 0.2) is 0 Å². The van der Waals surface area contributed by atoms with Crippen molar-refractivity contribution in [2.24, 2.45) is 0 Å². The lowest BCUT2D eigenvalue weighted by molar-refractivity contribution is 0.969. The minimum atomic E-state index is 0.615. The molecule has 6 heteroatoms. The van der Waals surface area contributed by atoms with Gasteiger partial charge in [-0.2, -0.15) is 5.26 Å². The van der Waals surface area contributed by atoms with Crippen molar-refractivity contribution in [3.63, 3.8) is 0 Å². The third kappa shape index (κ3) is 2.62. The average Bonchev–Trinajstić information content (AvgIpc) is 2.63. The Balaban J connectivity index is 2.28. The van der Waals surface area contributed by atoms with Gasteiger partial charge in [0.2, 0.25) is 5.16 Å². The van der Waals surface area contributed by atoms with Crippen molar-refractivity contribution in [3.05, 3.63) is 34.1 Å². The highest BCUT2D eigenvalue weighted by atomic mass is 79.9. The van der Waals surface area contributed by atoms with Crippen molar-refractivity contribution >= 4 is 27.7 Å². The van der Waals surface area contributed by atoms with Crippen molar-refractivity contribution in [2.75, 3.05) is 0 Å². The van der Waals surface area contributed by atoms with Crippen LogP contribution in [-0.2, 0) is 0 Å². The fourth-order valence-electron chi connectivity index (χ4n) is 1.16. The molecule has 2 aromatic rings. The van der Waals surface area contributed by atoms with Crippen molar-refractivity contribution in [1.82, 2.24) is 15.2 Å². The Morgan fingerprint density at radius 2 is 2.25 bits per heavy atom. The second-order valence-corrected chi connectivity index (χ2v) is 5.05. The monoisotopic (exact) mass is 294 g/mol. The molecule has 0 aliphatic rings. The Hall–Kier alpha value is -1.32. The van der Waals surface area contributed by atoms with Crippen LogP contribution in [0.2, 0.25) is 0 Å². The van der Waals surface area contributed by atoms with Crippen LogP contribution < -0.4 is 0 Å². The van der Waals surface area contributed by atoms with Crippen molar-refractivity contribution in [2.45, 2.75) is 17.0 Å². The Morgan fingerprint density at radius 1 is 1.44 bits per heavy atom. The van der Waals surface area contributed by atoms with Crippen LogP contribution in [-0.4, -0.2) is 15.2 Å². The normalized spacial score (nSPS) is 10.1. The number of H-pyrrole nitrogens is 1. The first kappa shape index (κ1) is 11.2. The Bertz CT molecular complexity index is 558. The van der Waals surface area contributed by atoms with E-state index in [2.05, 4.69) is 37.2 Å². The van der Waals surface area contributed by atoms with E-state index in [0.29, 0.717) is 10.7 Å².